The maximum absolute atomic E-state index is 11.4. The van der Waals surface area contributed by atoms with Crippen LogP contribution in [0, 0.1) is 5.92 Å². The number of benzene rings is 1. The van der Waals surface area contributed by atoms with Crippen molar-refractivity contribution in [1.29, 1.82) is 0 Å². The van der Waals surface area contributed by atoms with E-state index in [9.17, 15) is 4.79 Å². The van der Waals surface area contributed by atoms with Gasteiger partial charge < -0.3 is 5.32 Å². The number of nitrogens with one attached hydrogen (secondary N) is 1. The van der Waals surface area contributed by atoms with Crippen molar-refractivity contribution in [1.82, 2.24) is 0 Å². The second-order valence-electron chi connectivity index (χ2n) is 5.95. The van der Waals surface area contributed by atoms with Gasteiger partial charge in [-0.2, -0.15) is 0 Å². The average molecular weight is 312 g/mol. The van der Waals surface area contributed by atoms with Crippen LogP contribution in [0.5, 0.6) is 0 Å². The van der Waals surface area contributed by atoms with Gasteiger partial charge in [-0.25, -0.2) is 0 Å². The molecule has 2 aliphatic rings. The highest BCUT2D eigenvalue weighted by Crippen LogP contribution is 2.39. The Balaban J connectivity index is 1.69. The molecule has 3 rings (SSSR count). The van der Waals surface area contributed by atoms with Gasteiger partial charge in [0.15, 0.2) is 0 Å². The summed E-state index contributed by atoms with van der Waals surface area (Å²) in [4.78, 5) is 11.4. The quantitative estimate of drug-likeness (QED) is 0.771. The molecule has 1 saturated carbocycles. The topological polar surface area (TPSA) is 29.1 Å². The standard InChI is InChI=1S/C16H19Cl2NO/c17-13(6-5-10-3-1-2-4-10)12-7-11-8-16(20)19-15(11)9-14(12)18/h7,9-10,13H,1-6,8H2,(H,19,20). The minimum atomic E-state index is -0.0518. The first kappa shape index (κ1) is 14.2. The Bertz CT molecular complexity index is 523. The molecule has 20 heavy (non-hydrogen) atoms. The Labute approximate surface area is 129 Å². The van der Waals surface area contributed by atoms with Gasteiger partial charge in [0.25, 0.3) is 0 Å². The van der Waals surface area contributed by atoms with E-state index < -0.39 is 0 Å². The van der Waals surface area contributed by atoms with E-state index >= 15 is 0 Å². The highest BCUT2D eigenvalue weighted by Gasteiger charge is 2.23. The van der Waals surface area contributed by atoms with Crippen LogP contribution in [0.3, 0.4) is 0 Å². The van der Waals surface area contributed by atoms with Gasteiger partial charge in [-0.05, 0) is 36.0 Å². The lowest BCUT2D eigenvalue weighted by atomic mass is 9.97. The van der Waals surface area contributed by atoms with Crippen molar-refractivity contribution >= 4 is 34.8 Å². The molecule has 0 radical (unpaired) electrons. The highest BCUT2D eigenvalue weighted by molar-refractivity contribution is 6.33. The third kappa shape index (κ3) is 2.96. The van der Waals surface area contributed by atoms with E-state index in [4.69, 9.17) is 23.2 Å². The zero-order valence-electron chi connectivity index (χ0n) is 11.4. The molecule has 108 valence electrons. The SMILES string of the molecule is O=C1Cc2cc(C(Cl)CCC3CCCC3)c(Cl)cc2N1. The molecule has 2 nitrogen and oxygen atoms in total. The molecule has 1 aromatic rings. The summed E-state index contributed by atoms with van der Waals surface area (Å²) in [5.41, 5.74) is 2.82. The molecule has 1 unspecified atom stereocenters. The predicted molar refractivity (Wildman–Crippen MR) is 83.6 cm³/mol. The minimum absolute atomic E-state index is 0.0327. The second-order valence-corrected chi connectivity index (χ2v) is 6.89. The zero-order valence-corrected chi connectivity index (χ0v) is 12.9. The molecule has 1 heterocycles. The molecule has 1 aliphatic carbocycles. The van der Waals surface area contributed by atoms with Gasteiger partial charge in [0.2, 0.25) is 5.91 Å². The summed E-state index contributed by atoms with van der Waals surface area (Å²) in [5.74, 6) is 0.873. The Kier molecular flexibility index (Phi) is 4.23. The van der Waals surface area contributed by atoms with Crippen molar-refractivity contribution in [3.05, 3.63) is 28.3 Å². The summed E-state index contributed by atoms with van der Waals surface area (Å²) in [5, 5.41) is 3.43. The third-order valence-electron chi connectivity index (χ3n) is 4.49. The van der Waals surface area contributed by atoms with Gasteiger partial charge in [0.05, 0.1) is 11.8 Å². The van der Waals surface area contributed by atoms with Crippen LogP contribution in [0.2, 0.25) is 5.02 Å². The summed E-state index contributed by atoms with van der Waals surface area (Å²) in [6.45, 7) is 0. The summed E-state index contributed by atoms with van der Waals surface area (Å²) < 4.78 is 0. The molecule has 0 aromatic heterocycles. The van der Waals surface area contributed by atoms with Crippen LogP contribution in [0.15, 0.2) is 12.1 Å². The molecule has 0 saturated heterocycles. The molecule has 1 atom stereocenters. The minimum Gasteiger partial charge on any atom is -0.325 e. The average Bonchev–Trinajstić information content (AvgIpc) is 3.03. The number of rotatable bonds is 4. The fourth-order valence-corrected chi connectivity index (χ4v) is 4.00. The van der Waals surface area contributed by atoms with Crippen molar-refractivity contribution in [2.45, 2.75) is 50.3 Å². The number of anilines is 1. The lowest BCUT2D eigenvalue weighted by Gasteiger charge is -2.15. The Hall–Kier alpha value is -0.730. The molecule has 1 N–H and O–H groups in total. The van der Waals surface area contributed by atoms with Crippen molar-refractivity contribution in [3.63, 3.8) is 0 Å². The van der Waals surface area contributed by atoms with Gasteiger partial charge in [-0.1, -0.05) is 43.4 Å². The molecule has 1 amide bonds. The smallest absolute Gasteiger partial charge is 0.228 e. The van der Waals surface area contributed by atoms with Crippen LogP contribution >= 0.6 is 23.2 Å². The summed E-state index contributed by atoms with van der Waals surface area (Å²) in [6.07, 6.45) is 8.01. The predicted octanol–water partition coefficient (Wildman–Crippen LogP) is 5.08. The van der Waals surface area contributed by atoms with Gasteiger partial charge in [0, 0.05) is 10.7 Å². The lowest BCUT2D eigenvalue weighted by molar-refractivity contribution is -0.115. The van der Waals surface area contributed by atoms with Gasteiger partial charge in [-0.15, -0.1) is 11.6 Å². The van der Waals surface area contributed by atoms with Gasteiger partial charge in [0.1, 0.15) is 0 Å². The second kappa shape index (κ2) is 5.95. The van der Waals surface area contributed by atoms with Gasteiger partial charge in [-0.3, -0.25) is 4.79 Å². The zero-order chi connectivity index (χ0) is 14.1. The molecule has 4 heteroatoms. The number of hydrogen-bond donors (Lipinski definition) is 1. The lowest BCUT2D eigenvalue weighted by Crippen LogP contribution is -2.03. The Morgan fingerprint density at radius 2 is 2.05 bits per heavy atom. The van der Waals surface area contributed by atoms with E-state index in [2.05, 4.69) is 5.32 Å². The summed E-state index contributed by atoms with van der Waals surface area (Å²) >= 11 is 12.8. The van der Waals surface area contributed by atoms with E-state index in [-0.39, 0.29) is 11.3 Å². The van der Waals surface area contributed by atoms with Gasteiger partial charge >= 0.3 is 0 Å². The Morgan fingerprint density at radius 3 is 2.80 bits per heavy atom. The maximum Gasteiger partial charge on any atom is 0.228 e. The first-order valence-corrected chi connectivity index (χ1v) is 8.21. The maximum atomic E-state index is 11.4. The monoisotopic (exact) mass is 311 g/mol. The largest absolute Gasteiger partial charge is 0.325 e. The third-order valence-corrected chi connectivity index (χ3v) is 5.27. The van der Waals surface area contributed by atoms with E-state index in [1.165, 1.54) is 32.1 Å². The number of hydrogen-bond acceptors (Lipinski definition) is 1. The van der Waals surface area contributed by atoms with Crippen LogP contribution < -0.4 is 5.32 Å². The van der Waals surface area contributed by atoms with Crippen LogP contribution in [0.25, 0.3) is 0 Å². The fourth-order valence-electron chi connectivity index (χ4n) is 3.34. The normalized spacial score (nSPS) is 20.0. The Morgan fingerprint density at radius 1 is 1.30 bits per heavy atom. The number of carbonyl (C=O) groups is 1. The summed E-state index contributed by atoms with van der Waals surface area (Å²) in [6, 6.07) is 3.84. The van der Waals surface area contributed by atoms with E-state index in [1.807, 2.05) is 12.1 Å². The molecule has 0 spiro atoms. The number of halogens is 2. The van der Waals surface area contributed by atoms with Crippen molar-refractivity contribution < 1.29 is 4.79 Å². The van der Waals surface area contributed by atoms with E-state index in [0.29, 0.717) is 11.4 Å². The van der Waals surface area contributed by atoms with Crippen LogP contribution in [-0.2, 0) is 11.2 Å². The molecular formula is C16H19Cl2NO. The molecule has 1 fully saturated rings. The molecule has 0 bridgehead atoms. The molecular weight excluding hydrogens is 293 g/mol. The number of fused-ring (bicyclic) bond motifs is 1. The van der Waals surface area contributed by atoms with E-state index in [0.717, 1.165) is 29.2 Å². The fraction of sp³-hybridized carbons (Fsp3) is 0.562. The first-order valence-electron chi connectivity index (χ1n) is 7.39. The number of amides is 1. The highest BCUT2D eigenvalue weighted by atomic mass is 35.5. The summed E-state index contributed by atoms with van der Waals surface area (Å²) in [7, 11) is 0. The van der Waals surface area contributed by atoms with Crippen LogP contribution in [-0.4, -0.2) is 5.91 Å². The van der Waals surface area contributed by atoms with Crippen LogP contribution in [0.1, 0.15) is 55.0 Å². The van der Waals surface area contributed by atoms with Crippen molar-refractivity contribution in [2.75, 3.05) is 5.32 Å². The van der Waals surface area contributed by atoms with Crippen molar-refractivity contribution in [2.24, 2.45) is 5.92 Å². The number of carbonyl (C=O) groups excluding carboxylic acids is 1. The van der Waals surface area contributed by atoms with Crippen molar-refractivity contribution in [3.8, 4) is 0 Å². The number of alkyl halides is 1. The van der Waals surface area contributed by atoms with Crippen LogP contribution in [0.4, 0.5) is 5.69 Å². The van der Waals surface area contributed by atoms with E-state index in [1.54, 1.807) is 0 Å². The molecule has 1 aliphatic heterocycles. The molecule has 1 aromatic carbocycles. The first-order chi connectivity index (χ1) is 9.63.